The number of fused-ring (bicyclic) bond motifs is 1. The number of pyridine rings is 1. The molecule has 1 saturated heterocycles. The van der Waals surface area contributed by atoms with Crippen LogP contribution < -0.4 is 11.1 Å². The van der Waals surface area contributed by atoms with Crippen LogP contribution in [0, 0.1) is 12.8 Å². The van der Waals surface area contributed by atoms with Gasteiger partial charge < -0.3 is 11.1 Å². The minimum atomic E-state index is -0.225. The Labute approximate surface area is 112 Å². The number of carbonyl (C=O) groups is 1. The molecule has 2 aromatic rings. The number of benzene rings is 1. The molecule has 4 heteroatoms. The summed E-state index contributed by atoms with van der Waals surface area (Å²) in [4.78, 5) is 16.0. The number of hydrogen-bond donors (Lipinski definition) is 2. The van der Waals surface area contributed by atoms with E-state index < -0.39 is 0 Å². The quantitative estimate of drug-likeness (QED) is 0.850. The lowest BCUT2D eigenvalue weighted by Gasteiger charge is -2.16. The van der Waals surface area contributed by atoms with E-state index in [0.717, 1.165) is 28.7 Å². The molecule has 0 aliphatic carbocycles. The van der Waals surface area contributed by atoms with Gasteiger partial charge in [0.15, 0.2) is 0 Å². The van der Waals surface area contributed by atoms with Crippen LogP contribution in [0.5, 0.6) is 0 Å². The Morgan fingerprint density at radius 2 is 2.16 bits per heavy atom. The summed E-state index contributed by atoms with van der Waals surface area (Å²) in [6.45, 7) is 3.46. The molecule has 1 aliphatic rings. The fourth-order valence-electron chi connectivity index (χ4n) is 2.80. The number of nitrogens with one attached hydrogen (secondary N) is 1. The van der Waals surface area contributed by atoms with Gasteiger partial charge in [-0.25, -0.2) is 0 Å². The van der Waals surface area contributed by atoms with Crippen molar-refractivity contribution in [3.05, 3.63) is 41.6 Å². The van der Waals surface area contributed by atoms with Crippen molar-refractivity contribution in [3.63, 3.8) is 0 Å². The molecule has 2 unspecified atom stereocenters. The summed E-state index contributed by atoms with van der Waals surface area (Å²) in [5.41, 5.74) is 8.63. The Balaban J connectivity index is 2.01. The summed E-state index contributed by atoms with van der Waals surface area (Å²) >= 11 is 0. The smallest absolute Gasteiger partial charge is 0.222 e. The number of nitrogens with two attached hydrogens (primary N) is 1. The molecule has 3 rings (SSSR count). The summed E-state index contributed by atoms with van der Waals surface area (Å²) < 4.78 is 0. The molecule has 98 valence electrons. The molecular formula is C15H17N3O. The van der Waals surface area contributed by atoms with Gasteiger partial charge in [-0.1, -0.05) is 12.1 Å². The van der Waals surface area contributed by atoms with Gasteiger partial charge in [-0.15, -0.1) is 0 Å². The molecule has 0 saturated carbocycles. The number of primary amides is 1. The molecule has 0 bridgehead atoms. The van der Waals surface area contributed by atoms with Gasteiger partial charge in [-0.3, -0.25) is 9.78 Å². The zero-order chi connectivity index (χ0) is 13.4. The number of aromatic nitrogens is 1. The maximum Gasteiger partial charge on any atom is 0.222 e. The molecule has 1 aromatic carbocycles. The van der Waals surface area contributed by atoms with E-state index in [1.165, 1.54) is 0 Å². The van der Waals surface area contributed by atoms with Crippen LogP contribution in [-0.4, -0.2) is 24.0 Å². The number of nitrogens with zero attached hydrogens (tertiary/aromatic N) is 1. The second-order valence-corrected chi connectivity index (χ2v) is 5.18. The maximum atomic E-state index is 11.5. The highest BCUT2D eigenvalue weighted by Crippen LogP contribution is 2.29. The highest BCUT2D eigenvalue weighted by molar-refractivity contribution is 5.81. The molecular weight excluding hydrogens is 238 g/mol. The highest BCUT2D eigenvalue weighted by atomic mass is 16.1. The summed E-state index contributed by atoms with van der Waals surface area (Å²) in [5.74, 6) is -0.170. The molecule has 1 aromatic heterocycles. The van der Waals surface area contributed by atoms with E-state index in [0.29, 0.717) is 6.54 Å². The minimum absolute atomic E-state index is 0.115. The molecule has 1 aliphatic heterocycles. The number of amides is 1. The Morgan fingerprint density at radius 3 is 2.95 bits per heavy atom. The Kier molecular flexibility index (Phi) is 2.95. The van der Waals surface area contributed by atoms with E-state index in [-0.39, 0.29) is 17.7 Å². The van der Waals surface area contributed by atoms with E-state index in [2.05, 4.69) is 28.5 Å². The molecule has 3 N–H and O–H groups in total. The zero-order valence-electron chi connectivity index (χ0n) is 10.9. The first-order valence-electron chi connectivity index (χ1n) is 6.52. The average molecular weight is 255 g/mol. The van der Waals surface area contributed by atoms with Crippen molar-refractivity contribution >= 4 is 16.8 Å². The monoisotopic (exact) mass is 255 g/mol. The summed E-state index contributed by atoms with van der Waals surface area (Å²) in [7, 11) is 0. The molecule has 0 radical (unpaired) electrons. The normalized spacial score (nSPS) is 22.8. The predicted octanol–water partition coefficient (Wildman–Crippen LogP) is 1.33. The maximum absolute atomic E-state index is 11.5. The van der Waals surface area contributed by atoms with Crippen LogP contribution in [0.25, 0.3) is 10.9 Å². The number of rotatable bonds is 2. The lowest BCUT2D eigenvalue weighted by atomic mass is 9.88. The third kappa shape index (κ3) is 2.19. The van der Waals surface area contributed by atoms with E-state index in [1.807, 2.05) is 19.1 Å². The van der Waals surface area contributed by atoms with Crippen molar-refractivity contribution in [1.29, 1.82) is 0 Å². The average Bonchev–Trinajstić information content (AvgIpc) is 2.87. The van der Waals surface area contributed by atoms with Crippen LogP contribution in [0.1, 0.15) is 17.2 Å². The first-order valence-corrected chi connectivity index (χ1v) is 6.52. The van der Waals surface area contributed by atoms with Gasteiger partial charge in [0.25, 0.3) is 0 Å². The van der Waals surface area contributed by atoms with Crippen molar-refractivity contribution in [2.24, 2.45) is 11.7 Å². The molecule has 1 amide bonds. The minimum Gasteiger partial charge on any atom is -0.369 e. The van der Waals surface area contributed by atoms with Gasteiger partial charge in [0.1, 0.15) is 0 Å². The fourth-order valence-corrected chi connectivity index (χ4v) is 2.80. The molecule has 19 heavy (non-hydrogen) atoms. The van der Waals surface area contributed by atoms with Crippen LogP contribution in [0.4, 0.5) is 0 Å². The van der Waals surface area contributed by atoms with E-state index in [1.54, 1.807) is 0 Å². The number of carbonyl (C=O) groups excluding carboxylic acids is 1. The Bertz CT molecular complexity index is 638. The number of hydrogen-bond acceptors (Lipinski definition) is 3. The first kappa shape index (κ1) is 12.1. The van der Waals surface area contributed by atoms with E-state index in [9.17, 15) is 4.79 Å². The zero-order valence-corrected chi connectivity index (χ0v) is 10.9. The third-order valence-corrected chi connectivity index (χ3v) is 3.86. The third-order valence-electron chi connectivity index (χ3n) is 3.86. The standard InChI is InChI=1S/C15H17N3O/c1-9-2-3-11-6-10(4-5-14(11)18-9)12-7-17-8-13(12)15(16)19/h2-6,12-13,17H,7-8H2,1H3,(H2,16,19). The fraction of sp³-hybridized carbons (Fsp3) is 0.333. The van der Waals surface area contributed by atoms with E-state index >= 15 is 0 Å². The van der Waals surface area contributed by atoms with Gasteiger partial charge in [-0.05, 0) is 30.7 Å². The molecule has 0 spiro atoms. The Morgan fingerprint density at radius 1 is 1.32 bits per heavy atom. The van der Waals surface area contributed by atoms with Crippen molar-refractivity contribution in [1.82, 2.24) is 10.3 Å². The number of aryl methyl sites for hydroxylation is 1. The lowest BCUT2D eigenvalue weighted by Crippen LogP contribution is -2.28. The van der Waals surface area contributed by atoms with Crippen LogP contribution in [0.2, 0.25) is 0 Å². The topological polar surface area (TPSA) is 68.0 Å². The molecule has 2 atom stereocenters. The van der Waals surface area contributed by atoms with Gasteiger partial charge in [0.2, 0.25) is 5.91 Å². The van der Waals surface area contributed by atoms with Gasteiger partial charge >= 0.3 is 0 Å². The highest BCUT2D eigenvalue weighted by Gasteiger charge is 2.32. The van der Waals surface area contributed by atoms with Crippen LogP contribution in [0.15, 0.2) is 30.3 Å². The largest absolute Gasteiger partial charge is 0.369 e. The summed E-state index contributed by atoms with van der Waals surface area (Å²) in [6, 6.07) is 10.3. The second-order valence-electron chi connectivity index (χ2n) is 5.18. The van der Waals surface area contributed by atoms with Gasteiger partial charge in [0, 0.05) is 30.1 Å². The lowest BCUT2D eigenvalue weighted by molar-refractivity contribution is -0.121. The van der Waals surface area contributed by atoms with Crippen LogP contribution in [0.3, 0.4) is 0 Å². The second kappa shape index (κ2) is 4.63. The van der Waals surface area contributed by atoms with Crippen LogP contribution >= 0.6 is 0 Å². The Hall–Kier alpha value is -1.94. The van der Waals surface area contributed by atoms with Gasteiger partial charge in [-0.2, -0.15) is 0 Å². The first-order chi connectivity index (χ1) is 9.15. The van der Waals surface area contributed by atoms with Crippen molar-refractivity contribution < 1.29 is 4.79 Å². The van der Waals surface area contributed by atoms with Crippen molar-refractivity contribution in [3.8, 4) is 0 Å². The van der Waals surface area contributed by atoms with Crippen molar-refractivity contribution in [2.75, 3.05) is 13.1 Å². The molecule has 1 fully saturated rings. The van der Waals surface area contributed by atoms with Crippen LogP contribution in [-0.2, 0) is 4.79 Å². The van der Waals surface area contributed by atoms with Gasteiger partial charge in [0.05, 0.1) is 11.4 Å². The summed E-state index contributed by atoms with van der Waals surface area (Å²) in [6.07, 6.45) is 0. The summed E-state index contributed by atoms with van der Waals surface area (Å²) in [5, 5.41) is 4.35. The SMILES string of the molecule is Cc1ccc2cc(C3CNCC3C(N)=O)ccc2n1. The molecule has 2 heterocycles. The van der Waals surface area contributed by atoms with E-state index in [4.69, 9.17) is 5.73 Å². The van der Waals surface area contributed by atoms with Crippen molar-refractivity contribution in [2.45, 2.75) is 12.8 Å². The molecule has 4 nitrogen and oxygen atoms in total. The predicted molar refractivity (Wildman–Crippen MR) is 74.8 cm³/mol.